The summed E-state index contributed by atoms with van der Waals surface area (Å²) in [5.74, 6) is -2.64. The summed E-state index contributed by atoms with van der Waals surface area (Å²) in [6.07, 6.45) is 7.82. The molecule has 2 unspecified atom stereocenters. The van der Waals surface area contributed by atoms with E-state index in [-0.39, 0.29) is 25.7 Å². The maximum absolute atomic E-state index is 13.5. The third kappa shape index (κ3) is 24.8. The summed E-state index contributed by atoms with van der Waals surface area (Å²) >= 11 is 0. The van der Waals surface area contributed by atoms with Crippen LogP contribution in [-0.4, -0.2) is 138 Å². The molecule has 17 nitrogen and oxygen atoms in total. The van der Waals surface area contributed by atoms with E-state index in [0.717, 1.165) is 70.3 Å². The molecular formula is C47H79O17P. The van der Waals surface area contributed by atoms with Gasteiger partial charge >= 0.3 is 19.8 Å². The van der Waals surface area contributed by atoms with Crippen LogP contribution in [0.3, 0.4) is 0 Å². The Balaban J connectivity index is 2.19. The first-order chi connectivity index (χ1) is 31.1. The van der Waals surface area contributed by atoms with Crippen LogP contribution in [0, 0.1) is 5.92 Å². The van der Waals surface area contributed by atoms with E-state index >= 15 is 0 Å². The number of allylic oxidation sites excluding steroid dienone is 8. The average Bonchev–Trinajstić information content (AvgIpc) is 3.27. The number of aliphatic hydroxyl groups excluding tert-OH is 8. The van der Waals surface area contributed by atoms with Crippen molar-refractivity contribution >= 4 is 19.8 Å². The molecule has 1 saturated heterocycles. The first-order valence-corrected chi connectivity index (χ1v) is 25.0. The molecule has 0 spiro atoms. The number of esters is 2. The Kier molecular flexibility index (Phi) is 30.4. The van der Waals surface area contributed by atoms with Crippen LogP contribution < -0.4 is 0 Å². The van der Waals surface area contributed by atoms with Crippen molar-refractivity contribution in [2.24, 2.45) is 5.92 Å². The molecule has 18 heteroatoms. The minimum absolute atomic E-state index is 0.0791. The Morgan fingerprint density at radius 2 is 1.52 bits per heavy atom. The fourth-order valence-corrected chi connectivity index (χ4v) is 8.26. The molecule has 2 heterocycles. The SMILES string of the molecule is CC/C=C\C/C=C\C/C=C\CCCCCCCC(=O)OC[C@@H]1COP(=O)(O)O[C@H]2[C@H](O)[C@@H](O)[C@H](O)[C@@H](C/C=C\CCCC(=O)O1)[C@@H](O)CC(O)O[C@H](C=C[C@@H](O)CCCCC)[C@@H](O)[C@H]2O. The lowest BCUT2D eigenvalue weighted by Gasteiger charge is -2.39. The van der Waals surface area contributed by atoms with Gasteiger partial charge in [-0.2, -0.15) is 0 Å². The molecule has 0 aliphatic carbocycles. The second kappa shape index (κ2) is 33.8. The summed E-state index contributed by atoms with van der Waals surface area (Å²) in [4.78, 5) is 36.4. The average molecular weight is 947 g/mol. The predicted octanol–water partition coefficient (Wildman–Crippen LogP) is 5.05. The lowest BCUT2D eigenvalue weighted by molar-refractivity contribution is -0.213. The third-order valence-corrected chi connectivity index (χ3v) is 12.1. The third-order valence-electron chi connectivity index (χ3n) is 11.1. The number of cyclic esters (lactones) is 1. The van der Waals surface area contributed by atoms with Crippen molar-refractivity contribution in [3.8, 4) is 0 Å². The number of fused-ring (bicyclic) bond motifs is 4. The zero-order chi connectivity index (χ0) is 48.0. The van der Waals surface area contributed by atoms with Crippen LogP contribution in [0.1, 0.15) is 136 Å². The second-order valence-corrected chi connectivity index (χ2v) is 18.2. The lowest BCUT2D eigenvalue weighted by atomic mass is 9.83. The molecule has 9 N–H and O–H groups in total. The maximum Gasteiger partial charge on any atom is 0.472 e. The molecule has 0 aromatic heterocycles. The van der Waals surface area contributed by atoms with Gasteiger partial charge in [0.05, 0.1) is 24.9 Å². The highest BCUT2D eigenvalue weighted by Crippen LogP contribution is 2.47. The van der Waals surface area contributed by atoms with Gasteiger partial charge in [-0.05, 0) is 64.2 Å². The number of hydrogen-bond acceptors (Lipinski definition) is 16. The second-order valence-electron chi connectivity index (χ2n) is 16.8. The molecular weight excluding hydrogens is 867 g/mol. The number of unbranched alkanes of at least 4 members (excludes halogenated alkanes) is 7. The quantitative estimate of drug-likeness (QED) is 0.0315. The Bertz CT molecular complexity index is 1500. The number of carbonyl (C=O) groups is 2. The molecule has 2 rings (SSSR count). The van der Waals surface area contributed by atoms with Crippen molar-refractivity contribution in [3.05, 3.63) is 60.8 Å². The van der Waals surface area contributed by atoms with Gasteiger partial charge in [0.1, 0.15) is 43.2 Å². The van der Waals surface area contributed by atoms with Crippen molar-refractivity contribution in [2.45, 2.75) is 203 Å². The predicted molar refractivity (Wildman–Crippen MR) is 243 cm³/mol. The van der Waals surface area contributed by atoms with Crippen molar-refractivity contribution in [3.63, 3.8) is 0 Å². The minimum atomic E-state index is -5.47. The van der Waals surface area contributed by atoms with Crippen molar-refractivity contribution < 1.29 is 83.2 Å². The normalized spacial score (nSPS) is 32.9. The van der Waals surface area contributed by atoms with E-state index in [4.69, 9.17) is 23.3 Å². The number of rotatable bonds is 21. The summed E-state index contributed by atoms with van der Waals surface area (Å²) in [6.45, 7) is 2.65. The van der Waals surface area contributed by atoms with E-state index in [2.05, 4.69) is 43.4 Å². The van der Waals surface area contributed by atoms with E-state index in [0.29, 0.717) is 25.7 Å². The van der Waals surface area contributed by atoms with E-state index in [1.165, 1.54) is 6.08 Å². The number of phosphoric ester groups is 1. The number of aliphatic hydroxyl groups is 8. The van der Waals surface area contributed by atoms with Crippen LogP contribution in [0.2, 0.25) is 0 Å². The molecule has 0 aromatic carbocycles. The number of hydrogen-bond donors (Lipinski definition) is 9. The van der Waals surface area contributed by atoms with Crippen LogP contribution in [0.5, 0.6) is 0 Å². The van der Waals surface area contributed by atoms with Crippen LogP contribution >= 0.6 is 7.82 Å². The highest BCUT2D eigenvalue weighted by molar-refractivity contribution is 7.47. The van der Waals surface area contributed by atoms with Crippen LogP contribution in [0.15, 0.2) is 60.8 Å². The Morgan fingerprint density at radius 3 is 2.25 bits per heavy atom. The summed E-state index contributed by atoms with van der Waals surface area (Å²) in [6, 6.07) is 0. The maximum atomic E-state index is 13.5. The highest BCUT2D eigenvalue weighted by atomic mass is 31.2. The molecule has 0 radical (unpaired) electrons. The van der Waals surface area contributed by atoms with Gasteiger partial charge in [0, 0.05) is 25.2 Å². The van der Waals surface area contributed by atoms with Gasteiger partial charge in [0.2, 0.25) is 0 Å². The highest BCUT2D eigenvalue weighted by Gasteiger charge is 2.48. The van der Waals surface area contributed by atoms with Crippen molar-refractivity contribution in [1.29, 1.82) is 0 Å². The fraction of sp³-hybridized carbons (Fsp3) is 0.745. The van der Waals surface area contributed by atoms with Gasteiger partial charge in [-0.1, -0.05) is 113 Å². The van der Waals surface area contributed by atoms with E-state index < -0.39 is 113 Å². The monoisotopic (exact) mass is 947 g/mol. The molecule has 2 aliphatic heterocycles. The van der Waals surface area contributed by atoms with E-state index in [1.807, 2.05) is 6.92 Å². The summed E-state index contributed by atoms with van der Waals surface area (Å²) in [5, 5.41) is 89.2. The van der Waals surface area contributed by atoms with Crippen LogP contribution in [0.4, 0.5) is 0 Å². The minimum Gasteiger partial charge on any atom is -0.462 e. The zero-order valence-electron chi connectivity index (χ0n) is 38.3. The Labute approximate surface area is 385 Å². The van der Waals surface area contributed by atoms with E-state index in [1.54, 1.807) is 12.2 Å². The number of carbonyl (C=O) groups excluding carboxylic acids is 2. The van der Waals surface area contributed by atoms with Crippen LogP contribution in [0.25, 0.3) is 0 Å². The van der Waals surface area contributed by atoms with E-state index in [9.17, 15) is 59.9 Å². The largest absolute Gasteiger partial charge is 0.472 e. The molecule has 1 fully saturated rings. The molecule has 0 aromatic rings. The van der Waals surface area contributed by atoms with Gasteiger partial charge in [-0.25, -0.2) is 4.57 Å². The van der Waals surface area contributed by atoms with Crippen molar-refractivity contribution in [1.82, 2.24) is 0 Å². The number of phosphoric acid groups is 1. The topological polar surface area (TPSA) is 279 Å². The summed E-state index contributed by atoms with van der Waals surface area (Å²) in [5.41, 5.74) is 0. The molecule has 13 atom stereocenters. The first kappa shape index (κ1) is 58.5. The van der Waals surface area contributed by atoms with Gasteiger partial charge in [-0.3, -0.25) is 18.6 Å². The summed E-state index contributed by atoms with van der Waals surface area (Å²) < 4.78 is 40.2. The van der Waals surface area contributed by atoms with Crippen molar-refractivity contribution in [2.75, 3.05) is 13.2 Å². The van der Waals surface area contributed by atoms with Gasteiger partial charge in [0.15, 0.2) is 12.4 Å². The molecule has 65 heavy (non-hydrogen) atoms. The molecule has 2 bridgehead atoms. The van der Waals surface area contributed by atoms with Gasteiger partial charge in [0.25, 0.3) is 0 Å². The summed E-state index contributed by atoms with van der Waals surface area (Å²) in [7, 11) is -5.47. The smallest absolute Gasteiger partial charge is 0.462 e. The van der Waals surface area contributed by atoms with Gasteiger partial charge < -0.3 is 60.0 Å². The fourth-order valence-electron chi connectivity index (χ4n) is 7.29. The molecule has 2 aliphatic rings. The zero-order valence-corrected chi connectivity index (χ0v) is 39.2. The Hall–Kier alpha value is -2.61. The van der Waals surface area contributed by atoms with Crippen LogP contribution in [-0.2, 0) is 37.4 Å². The number of ether oxygens (including phenoxy) is 3. The standard InChI is InChI=1S/C47H79O17P/c1-3-5-7-8-9-10-11-12-13-14-15-16-17-18-23-27-39(50)60-32-35-33-61-65(58,59)64-47-45(56)43(54)38(30-29-34(48)25-21-6-4-2)63-41(52)31-37(49)36(42(53)44(55)46(47)57)26-22-19-20-24-28-40(51)62-35/h5,7,9-10,12-13,19,22,29-30,34-38,41-49,52-57H,3-4,6,8,11,14-18,20-21,23-28,31-33H2,1-2H3,(H,58,59)/b7-5-,10-9-,13-12-,22-19-,30-29?/t34-,35+,36-,37-,38+,41?,42+,43+,44-,45+,46+,47+/m0/s1. The molecule has 0 amide bonds. The first-order valence-electron chi connectivity index (χ1n) is 23.5. The molecule has 0 saturated carbocycles. The van der Waals surface area contributed by atoms with Gasteiger partial charge in [-0.15, -0.1) is 0 Å². The Morgan fingerprint density at radius 1 is 0.846 bits per heavy atom. The lowest BCUT2D eigenvalue weighted by Crippen LogP contribution is -2.58. The molecule has 374 valence electrons.